The maximum absolute atomic E-state index is 12.5. The lowest BCUT2D eigenvalue weighted by molar-refractivity contribution is -0.137. The highest BCUT2D eigenvalue weighted by Gasteiger charge is 2.29. The zero-order valence-corrected chi connectivity index (χ0v) is 11.9. The fourth-order valence-electron chi connectivity index (χ4n) is 1.89. The van der Waals surface area contributed by atoms with Crippen LogP contribution in [0.15, 0.2) is 61.2 Å². The summed E-state index contributed by atoms with van der Waals surface area (Å²) in [6.45, 7) is 3.62. The second-order valence-corrected chi connectivity index (χ2v) is 4.46. The predicted molar refractivity (Wildman–Crippen MR) is 81.3 cm³/mol. The molecular formula is C16H15ClF3N. The van der Waals surface area contributed by atoms with Gasteiger partial charge in [0.15, 0.2) is 0 Å². The van der Waals surface area contributed by atoms with Gasteiger partial charge in [-0.3, -0.25) is 0 Å². The summed E-state index contributed by atoms with van der Waals surface area (Å²) < 4.78 is 37.4. The van der Waals surface area contributed by atoms with E-state index < -0.39 is 11.7 Å². The van der Waals surface area contributed by atoms with Crippen molar-refractivity contribution in [1.82, 2.24) is 0 Å². The third kappa shape index (κ3) is 4.09. The number of benzene rings is 2. The number of hydrogen-bond donors (Lipinski definition) is 1. The first kappa shape index (κ1) is 17.3. The molecule has 1 nitrogen and oxygen atoms in total. The summed E-state index contributed by atoms with van der Waals surface area (Å²) >= 11 is 0. The van der Waals surface area contributed by atoms with Crippen LogP contribution in [0, 0.1) is 0 Å². The number of halogens is 4. The van der Waals surface area contributed by atoms with Gasteiger partial charge in [0.05, 0.1) is 5.56 Å². The summed E-state index contributed by atoms with van der Waals surface area (Å²) in [6.07, 6.45) is -2.67. The van der Waals surface area contributed by atoms with Crippen molar-refractivity contribution in [1.29, 1.82) is 0 Å². The molecule has 0 saturated heterocycles. The van der Waals surface area contributed by atoms with Gasteiger partial charge in [-0.1, -0.05) is 42.5 Å². The maximum Gasteiger partial charge on any atom is 0.416 e. The largest absolute Gasteiger partial charge is 0.416 e. The van der Waals surface area contributed by atoms with Crippen LogP contribution < -0.4 is 5.73 Å². The molecule has 0 aliphatic heterocycles. The van der Waals surface area contributed by atoms with Gasteiger partial charge in [0, 0.05) is 6.04 Å². The van der Waals surface area contributed by atoms with Crippen molar-refractivity contribution in [2.45, 2.75) is 12.2 Å². The Morgan fingerprint density at radius 3 is 1.71 bits per heavy atom. The Morgan fingerprint density at radius 1 is 0.905 bits per heavy atom. The van der Waals surface area contributed by atoms with Crippen molar-refractivity contribution < 1.29 is 13.2 Å². The van der Waals surface area contributed by atoms with Crippen LogP contribution in [-0.2, 0) is 6.18 Å². The first-order valence-electron chi connectivity index (χ1n) is 6.07. The Labute approximate surface area is 127 Å². The predicted octanol–water partition coefficient (Wildman–Crippen LogP) is 4.98. The number of alkyl halides is 3. The molecule has 0 amide bonds. The van der Waals surface area contributed by atoms with Gasteiger partial charge in [0.1, 0.15) is 0 Å². The SMILES string of the molecule is C=C[C@@H](N)c1ccc(-c2ccc(C(F)(F)F)cc2)cc1.Cl. The quantitative estimate of drug-likeness (QED) is 0.795. The zero-order chi connectivity index (χ0) is 14.8. The van der Waals surface area contributed by atoms with E-state index in [2.05, 4.69) is 6.58 Å². The monoisotopic (exact) mass is 313 g/mol. The van der Waals surface area contributed by atoms with E-state index in [9.17, 15) is 13.2 Å². The van der Waals surface area contributed by atoms with E-state index in [4.69, 9.17) is 5.73 Å². The van der Waals surface area contributed by atoms with Crippen LogP contribution in [0.3, 0.4) is 0 Å². The highest BCUT2D eigenvalue weighted by molar-refractivity contribution is 5.85. The van der Waals surface area contributed by atoms with Gasteiger partial charge in [-0.2, -0.15) is 13.2 Å². The van der Waals surface area contributed by atoms with Crippen molar-refractivity contribution >= 4 is 12.4 Å². The Kier molecular flexibility index (Phi) is 5.58. The number of nitrogens with two attached hydrogens (primary N) is 1. The van der Waals surface area contributed by atoms with Crippen LogP contribution in [-0.4, -0.2) is 0 Å². The lowest BCUT2D eigenvalue weighted by atomic mass is 10.00. The van der Waals surface area contributed by atoms with Gasteiger partial charge in [0.25, 0.3) is 0 Å². The molecule has 1 atom stereocenters. The van der Waals surface area contributed by atoms with Crippen molar-refractivity contribution in [2.24, 2.45) is 5.73 Å². The molecule has 0 unspecified atom stereocenters. The molecule has 0 fully saturated rings. The van der Waals surface area contributed by atoms with Crippen LogP contribution in [0.1, 0.15) is 17.2 Å². The topological polar surface area (TPSA) is 26.0 Å². The van der Waals surface area contributed by atoms with Crippen LogP contribution in [0.25, 0.3) is 11.1 Å². The fourth-order valence-corrected chi connectivity index (χ4v) is 1.89. The summed E-state index contributed by atoms with van der Waals surface area (Å²) in [5.74, 6) is 0. The van der Waals surface area contributed by atoms with Gasteiger partial charge < -0.3 is 5.73 Å². The normalized spacial score (nSPS) is 12.4. The molecule has 0 aliphatic carbocycles. The van der Waals surface area contributed by atoms with Crippen LogP contribution >= 0.6 is 12.4 Å². The molecule has 0 aromatic heterocycles. The van der Waals surface area contributed by atoms with Gasteiger partial charge in [-0.15, -0.1) is 19.0 Å². The molecule has 0 aliphatic rings. The molecule has 0 bridgehead atoms. The molecule has 0 radical (unpaired) electrons. The molecule has 2 N–H and O–H groups in total. The molecule has 0 saturated carbocycles. The lowest BCUT2D eigenvalue weighted by Crippen LogP contribution is -2.06. The molecule has 112 valence electrons. The molecule has 2 aromatic carbocycles. The van der Waals surface area contributed by atoms with Gasteiger partial charge in [-0.05, 0) is 28.8 Å². The van der Waals surface area contributed by atoms with Crippen molar-refractivity contribution in [3.63, 3.8) is 0 Å². The highest BCUT2D eigenvalue weighted by Crippen LogP contribution is 2.31. The number of rotatable bonds is 3. The minimum atomic E-state index is -4.31. The average Bonchev–Trinajstić information content (AvgIpc) is 2.46. The standard InChI is InChI=1S/C16H14F3N.ClH/c1-2-15(20)13-5-3-11(4-6-13)12-7-9-14(10-8-12)16(17,18)19;/h2-10,15H,1,20H2;1H/t15-;/m1./s1. The first-order chi connectivity index (χ1) is 9.41. The second-order valence-electron chi connectivity index (χ2n) is 4.46. The Morgan fingerprint density at radius 2 is 1.33 bits per heavy atom. The summed E-state index contributed by atoms with van der Waals surface area (Å²) in [7, 11) is 0. The summed E-state index contributed by atoms with van der Waals surface area (Å²) in [5.41, 5.74) is 7.65. The summed E-state index contributed by atoms with van der Waals surface area (Å²) in [4.78, 5) is 0. The minimum absolute atomic E-state index is 0. The van der Waals surface area contributed by atoms with E-state index in [-0.39, 0.29) is 18.4 Å². The van der Waals surface area contributed by atoms with E-state index in [1.54, 1.807) is 6.08 Å². The van der Waals surface area contributed by atoms with E-state index >= 15 is 0 Å². The van der Waals surface area contributed by atoms with Gasteiger partial charge >= 0.3 is 6.18 Å². The van der Waals surface area contributed by atoms with Gasteiger partial charge in [-0.25, -0.2) is 0 Å². The zero-order valence-electron chi connectivity index (χ0n) is 11.1. The molecule has 0 spiro atoms. The van der Waals surface area contributed by atoms with Crippen LogP contribution in [0.4, 0.5) is 13.2 Å². The van der Waals surface area contributed by atoms with E-state index in [1.165, 1.54) is 12.1 Å². The van der Waals surface area contributed by atoms with Crippen molar-refractivity contribution in [3.05, 3.63) is 72.3 Å². The highest BCUT2D eigenvalue weighted by atomic mass is 35.5. The van der Waals surface area contributed by atoms with Crippen LogP contribution in [0.2, 0.25) is 0 Å². The summed E-state index contributed by atoms with van der Waals surface area (Å²) in [6, 6.07) is 12.2. The van der Waals surface area contributed by atoms with Crippen molar-refractivity contribution in [2.75, 3.05) is 0 Å². The third-order valence-corrected chi connectivity index (χ3v) is 3.10. The second kappa shape index (κ2) is 6.78. The molecule has 21 heavy (non-hydrogen) atoms. The van der Waals surface area contributed by atoms with Crippen molar-refractivity contribution in [3.8, 4) is 11.1 Å². The fraction of sp³-hybridized carbons (Fsp3) is 0.125. The molecular weight excluding hydrogens is 299 g/mol. The first-order valence-corrected chi connectivity index (χ1v) is 6.07. The Hall–Kier alpha value is -1.78. The molecule has 2 rings (SSSR count). The third-order valence-electron chi connectivity index (χ3n) is 3.10. The Bertz CT molecular complexity index is 588. The minimum Gasteiger partial charge on any atom is -0.321 e. The smallest absolute Gasteiger partial charge is 0.321 e. The van der Waals surface area contributed by atoms with Crippen LogP contribution in [0.5, 0.6) is 0 Å². The summed E-state index contributed by atoms with van der Waals surface area (Å²) in [5, 5.41) is 0. The van der Waals surface area contributed by atoms with E-state index in [0.717, 1.165) is 28.8 Å². The maximum atomic E-state index is 12.5. The molecule has 2 aromatic rings. The molecule has 0 heterocycles. The molecule has 5 heteroatoms. The lowest BCUT2D eigenvalue weighted by Gasteiger charge is -2.10. The Balaban J connectivity index is 0.00000220. The average molecular weight is 314 g/mol. The van der Waals surface area contributed by atoms with E-state index in [1.807, 2.05) is 24.3 Å². The number of hydrogen-bond acceptors (Lipinski definition) is 1. The van der Waals surface area contributed by atoms with E-state index in [0.29, 0.717) is 0 Å². The van der Waals surface area contributed by atoms with Gasteiger partial charge in [0.2, 0.25) is 0 Å².